The van der Waals surface area contributed by atoms with Gasteiger partial charge < -0.3 is 0 Å². The van der Waals surface area contributed by atoms with E-state index in [9.17, 15) is 18.4 Å². The highest BCUT2D eigenvalue weighted by Gasteiger charge is 2.26. The van der Waals surface area contributed by atoms with Crippen LogP contribution >= 0.6 is 0 Å². The highest BCUT2D eigenvalue weighted by atomic mass is 19.3. The van der Waals surface area contributed by atoms with Gasteiger partial charge in [-0.05, 0) is 0 Å². The van der Waals surface area contributed by atoms with Crippen LogP contribution in [0, 0.1) is 0 Å². The molecule has 0 N–H and O–H groups in total. The molecule has 0 spiro atoms. The van der Waals surface area contributed by atoms with Crippen LogP contribution in [-0.4, -0.2) is 11.6 Å². The molecular formula is C16H10F2O2. The van der Waals surface area contributed by atoms with Crippen molar-refractivity contribution in [3.8, 4) is 0 Å². The maximum absolute atomic E-state index is 13.0. The first-order valence-electron chi connectivity index (χ1n) is 5.86. The number of rotatable bonds is 4. The molecule has 0 aliphatic rings. The van der Waals surface area contributed by atoms with Gasteiger partial charge in [-0.1, -0.05) is 60.7 Å². The van der Waals surface area contributed by atoms with E-state index in [1.807, 2.05) is 0 Å². The van der Waals surface area contributed by atoms with Crippen molar-refractivity contribution in [3.05, 3.63) is 83.4 Å². The predicted octanol–water partition coefficient (Wildman–Crippen LogP) is 3.90. The molecule has 0 fully saturated rings. The molecule has 4 heteroatoms. The number of halogens is 2. The minimum absolute atomic E-state index is 0.0552. The summed E-state index contributed by atoms with van der Waals surface area (Å²) < 4.78 is 26.0. The Hall–Kier alpha value is -2.62. The summed E-state index contributed by atoms with van der Waals surface area (Å²) in [7, 11) is 0. The zero-order chi connectivity index (χ0) is 14.5. The van der Waals surface area contributed by atoms with Crippen LogP contribution in [0.4, 0.5) is 8.78 Å². The summed E-state index contributed by atoms with van der Waals surface area (Å²) in [4.78, 5) is 24.1. The lowest BCUT2D eigenvalue weighted by molar-refractivity contribution is 0.0952. The molecule has 0 aliphatic carbocycles. The SMILES string of the molecule is O=C(C(C(=O)c1ccccc1)=C(F)F)c1ccccc1. The van der Waals surface area contributed by atoms with Gasteiger partial charge in [0.2, 0.25) is 11.6 Å². The highest BCUT2D eigenvalue weighted by Crippen LogP contribution is 2.19. The number of hydrogen-bond donors (Lipinski definition) is 0. The largest absolute Gasteiger partial charge is 0.288 e. The van der Waals surface area contributed by atoms with Crippen molar-refractivity contribution in [2.45, 2.75) is 0 Å². The molecule has 2 aromatic carbocycles. The van der Waals surface area contributed by atoms with Crippen molar-refractivity contribution in [1.29, 1.82) is 0 Å². The van der Waals surface area contributed by atoms with Gasteiger partial charge in [-0.15, -0.1) is 0 Å². The molecule has 2 aromatic rings. The summed E-state index contributed by atoms with van der Waals surface area (Å²) >= 11 is 0. The Balaban J connectivity index is 2.42. The van der Waals surface area contributed by atoms with Gasteiger partial charge in [0.25, 0.3) is 6.08 Å². The van der Waals surface area contributed by atoms with Crippen LogP contribution in [0.3, 0.4) is 0 Å². The first-order chi connectivity index (χ1) is 9.61. The molecule has 0 aliphatic heterocycles. The van der Waals surface area contributed by atoms with Gasteiger partial charge in [0.1, 0.15) is 5.57 Å². The molecule has 0 amide bonds. The second-order valence-electron chi connectivity index (χ2n) is 4.03. The molecule has 100 valence electrons. The second kappa shape index (κ2) is 6.02. The average molecular weight is 272 g/mol. The Labute approximate surface area is 114 Å². The van der Waals surface area contributed by atoms with Crippen molar-refractivity contribution in [2.24, 2.45) is 0 Å². The molecule has 2 nitrogen and oxygen atoms in total. The molecule has 0 radical (unpaired) electrons. The van der Waals surface area contributed by atoms with E-state index in [0.29, 0.717) is 0 Å². The standard InChI is InChI=1S/C16H10F2O2/c17-16(18)13(14(19)11-7-3-1-4-8-11)15(20)12-9-5-2-6-10-12/h1-10H. The van der Waals surface area contributed by atoms with E-state index in [1.54, 1.807) is 36.4 Å². The Kier molecular flexibility index (Phi) is 4.15. The number of carbonyl (C=O) groups is 2. The van der Waals surface area contributed by atoms with Gasteiger partial charge in [-0.25, -0.2) is 0 Å². The fraction of sp³-hybridized carbons (Fsp3) is 0. The molecule has 0 saturated heterocycles. The van der Waals surface area contributed by atoms with Crippen LogP contribution in [0.5, 0.6) is 0 Å². The van der Waals surface area contributed by atoms with E-state index in [-0.39, 0.29) is 11.1 Å². The van der Waals surface area contributed by atoms with Crippen LogP contribution in [0.1, 0.15) is 20.7 Å². The van der Waals surface area contributed by atoms with Crippen molar-refractivity contribution in [3.63, 3.8) is 0 Å². The molecule has 2 rings (SSSR count). The molecule has 0 unspecified atom stereocenters. The lowest BCUT2D eigenvalue weighted by Gasteiger charge is -2.05. The van der Waals surface area contributed by atoms with E-state index in [1.165, 1.54) is 24.3 Å². The van der Waals surface area contributed by atoms with Gasteiger partial charge in [0.05, 0.1) is 0 Å². The summed E-state index contributed by atoms with van der Waals surface area (Å²) in [5.41, 5.74) is -0.971. The molecule has 20 heavy (non-hydrogen) atoms. The van der Waals surface area contributed by atoms with Gasteiger partial charge in [0, 0.05) is 11.1 Å². The van der Waals surface area contributed by atoms with E-state index in [0.717, 1.165) is 0 Å². The van der Waals surface area contributed by atoms with Crippen molar-refractivity contribution in [2.75, 3.05) is 0 Å². The monoisotopic (exact) mass is 272 g/mol. The molecule has 0 aromatic heterocycles. The number of Topliss-reactive ketones (excluding diaryl/α,β-unsaturated/α-hetero) is 2. The number of hydrogen-bond acceptors (Lipinski definition) is 2. The van der Waals surface area contributed by atoms with Crippen LogP contribution in [-0.2, 0) is 0 Å². The zero-order valence-corrected chi connectivity index (χ0v) is 10.3. The van der Waals surface area contributed by atoms with Crippen molar-refractivity contribution in [1.82, 2.24) is 0 Å². The van der Waals surface area contributed by atoms with Gasteiger partial charge in [0.15, 0.2) is 0 Å². The summed E-state index contributed by atoms with van der Waals surface area (Å²) in [5, 5.41) is 0. The molecular weight excluding hydrogens is 262 g/mol. The molecule has 0 atom stereocenters. The third-order valence-electron chi connectivity index (χ3n) is 2.72. The quantitative estimate of drug-likeness (QED) is 0.366. The number of carbonyl (C=O) groups excluding carboxylic acids is 2. The maximum atomic E-state index is 13.0. The minimum atomic E-state index is -2.27. The van der Waals surface area contributed by atoms with Crippen molar-refractivity contribution >= 4 is 11.6 Å². The Morgan fingerprint density at radius 3 is 1.30 bits per heavy atom. The Morgan fingerprint density at radius 2 is 1.00 bits per heavy atom. The fourth-order valence-electron chi connectivity index (χ4n) is 1.74. The summed E-state index contributed by atoms with van der Waals surface area (Å²) in [6.45, 7) is 0. The van der Waals surface area contributed by atoms with Crippen molar-refractivity contribution < 1.29 is 18.4 Å². The van der Waals surface area contributed by atoms with E-state index in [2.05, 4.69) is 0 Å². The molecule has 0 heterocycles. The van der Waals surface area contributed by atoms with E-state index in [4.69, 9.17) is 0 Å². The lowest BCUT2D eigenvalue weighted by Crippen LogP contribution is -2.14. The fourth-order valence-corrected chi connectivity index (χ4v) is 1.74. The zero-order valence-electron chi connectivity index (χ0n) is 10.3. The number of ketones is 2. The minimum Gasteiger partial charge on any atom is -0.288 e. The van der Waals surface area contributed by atoms with Crippen LogP contribution < -0.4 is 0 Å². The van der Waals surface area contributed by atoms with Crippen LogP contribution in [0.2, 0.25) is 0 Å². The first-order valence-corrected chi connectivity index (χ1v) is 5.86. The molecule has 0 saturated carbocycles. The van der Waals surface area contributed by atoms with Gasteiger partial charge in [-0.3, -0.25) is 9.59 Å². The Morgan fingerprint density at radius 1 is 0.650 bits per heavy atom. The Bertz CT molecular complexity index is 604. The van der Waals surface area contributed by atoms with E-state index < -0.39 is 23.2 Å². The number of benzene rings is 2. The van der Waals surface area contributed by atoms with Crippen LogP contribution in [0.15, 0.2) is 72.3 Å². The normalized spacial score (nSPS) is 9.90. The average Bonchev–Trinajstić information content (AvgIpc) is 2.48. The first kappa shape index (κ1) is 13.8. The highest BCUT2D eigenvalue weighted by molar-refractivity contribution is 6.31. The maximum Gasteiger partial charge on any atom is 0.285 e. The number of allylic oxidation sites excluding steroid dienone is 1. The summed E-state index contributed by atoms with van der Waals surface area (Å²) in [5.74, 6) is -1.95. The second-order valence-corrected chi connectivity index (χ2v) is 4.03. The van der Waals surface area contributed by atoms with Gasteiger partial charge in [-0.2, -0.15) is 8.78 Å². The van der Waals surface area contributed by atoms with E-state index >= 15 is 0 Å². The third kappa shape index (κ3) is 2.85. The smallest absolute Gasteiger partial charge is 0.285 e. The van der Waals surface area contributed by atoms with Crippen LogP contribution in [0.25, 0.3) is 0 Å². The molecule has 0 bridgehead atoms. The van der Waals surface area contributed by atoms with Gasteiger partial charge >= 0.3 is 0 Å². The third-order valence-corrected chi connectivity index (χ3v) is 2.72. The predicted molar refractivity (Wildman–Crippen MR) is 70.8 cm³/mol. The summed E-state index contributed by atoms with van der Waals surface area (Å²) in [6, 6.07) is 15.1. The topological polar surface area (TPSA) is 34.1 Å². The lowest BCUT2D eigenvalue weighted by atomic mass is 9.97. The summed E-state index contributed by atoms with van der Waals surface area (Å²) in [6.07, 6.45) is -2.27.